The maximum Gasteiger partial charge on any atom is 0.325 e. The predicted octanol–water partition coefficient (Wildman–Crippen LogP) is 0.871. The topological polar surface area (TPSA) is 82.2 Å². The first-order valence-corrected chi connectivity index (χ1v) is 4.26. The molecule has 14 heavy (non-hydrogen) atoms. The van der Waals surface area contributed by atoms with Gasteiger partial charge >= 0.3 is 5.97 Å². The standard InChI is InChI=1S/C8H9ClN2O3/c1-4(8(13)14)11-7(12)6-2-5(9)3-10-6/h2-4,10H,1H3,(H,11,12)(H,13,14)/t4-/m0/s1. The number of hydrogen-bond donors (Lipinski definition) is 3. The van der Waals surface area contributed by atoms with Crippen LogP contribution in [0.25, 0.3) is 0 Å². The number of amides is 1. The van der Waals surface area contributed by atoms with Crippen molar-refractivity contribution in [2.24, 2.45) is 0 Å². The van der Waals surface area contributed by atoms with Crippen molar-refractivity contribution in [3.63, 3.8) is 0 Å². The van der Waals surface area contributed by atoms with Crippen molar-refractivity contribution in [2.75, 3.05) is 0 Å². The van der Waals surface area contributed by atoms with Gasteiger partial charge in [0.05, 0.1) is 5.02 Å². The van der Waals surface area contributed by atoms with Crippen LogP contribution in [0, 0.1) is 0 Å². The molecule has 0 radical (unpaired) electrons. The van der Waals surface area contributed by atoms with Gasteiger partial charge in [-0.25, -0.2) is 0 Å². The average molecular weight is 217 g/mol. The lowest BCUT2D eigenvalue weighted by Crippen LogP contribution is -2.38. The highest BCUT2D eigenvalue weighted by Crippen LogP contribution is 2.09. The molecule has 1 heterocycles. The van der Waals surface area contributed by atoms with Crippen molar-refractivity contribution >= 4 is 23.5 Å². The SMILES string of the molecule is C[C@H](NC(=O)c1cc(Cl)c[nH]1)C(=O)O. The Morgan fingerprint density at radius 2 is 2.29 bits per heavy atom. The Labute approximate surface area is 85.1 Å². The number of carbonyl (C=O) groups excluding carboxylic acids is 1. The van der Waals surface area contributed by atoms with Crippen LogP contribution < -0.4 is 5.32 Å². The summed E-state index contributed by atoms with van der Waals surface area (Å²) in [5.74, 6) is -1.58. The van der Waals surface area contributed by atoms with Crippen molar-refractivity contribution in [3.05, 3.63) is 23.0 Å². The number of carbonyl (C=O) groups is 2. The molecule has 1 aromatic heterocycles. The molecule has 1 aromatic rings. The highest BCUT2D eigenvalue weighted by atomic mass is 35.5. The van der Waals surface area contributed by atoms with Crippen LogP contribution in [0.3, 0.4) is 0 Å². The van der Waals surface area contributed by atoms with Gasteiger partial charge in [0.25, 0.3) is 5.91 Å². The maximum absolute atomic E-state index is 11.3. The number of rotatable bonds is 3. The molecule has 0 fully saturated rings. The van der Waals surface area contributed by atoms with Gasteiger partial charge in [0.1, 0.15) is 11.7 Å². The summed E-state index contributed by atoms with van der Waals surface area (Å²) in [6.45, 7) is 1.38. The largest absolute Gasteiger partial charge is 0.480 e. The quantitative estimate of drug-likeness (QED) is 0.701. The van der Waals surface area contributed by atoms with Gasteiger partial charge in [0, 0.05) is 6.20 Å². The molecule has 3 N–H and O–H groups in total. The van der Waals surface area contributed by atoms with Gasteiger partial charge < -0.3 is 15.4 Å². The first kappa shape index (κ1) is 10.6. The van der Waals surface area contributed by atoms with Crippen molar-refractivity contribution in [2.45, 2.75) is 13.0 Å². The van der Waals surface area contributed by atoms with Crippen molar-refractivity contribution < 1.29 is 14.7 Å². The second kappa shape index (κ2) is 4.15. The highest BCUT2D eigenvalue weighted by molar-refractivity contribution is 6.30. The van der Waals surface area contributed by atoms with Crippen molar-refractivity contribution in [1.82, 2.24) is 10.3 Å². The summed E-state index contributed by atoms with van der Waals surface area (Å²) in [5.41, 5.74) is 0.239. The molecular weight excluding hydrogens is 208 g/mol. The Hall–Kier alpha value is -1.49. The predicted molar refractivity (Wildman–Crippen MR) is 50.4 cm³/mol. The molecule has 0 aliphatic carbocycles. The lowest BCUT2D eigenvalue weighted by molar-refractivity contribution is -0.138. The summed E-state index contributed by atoms with van der Waals surface area (Å²) in [6, 6.07) is 0.496. The summed E-state index contributed by atoms with van der Waals surface area (Å²) < 4.78 is 0. The molecule has 0 unspecified atom stereocenters. The van der Waals surface area contributed by atoms with E-state index in [0.717, 1.165) is 0 Å². The number of H-pyrrole nitrogens is 1. The number of carboxylic acids is 1. The van der Waals surface area contributed by atoms with Gasteiger partial charge in [0.2, 0.25) is 0 Å². The molecule has 1 rings (SSSR count). The molecule has 6 heteroatoms. The Bertz CT molecular complexity index is 361. The van der Waals surface area contributed by atoms with Gasteiger partial charge in [-0.1, -0.05) is 11.6 Å². The summed E-state index contributed by atoms with van der Waals surface area (Å²) >= 11 is 5.58. The highest BCUT2D eigenvalue weighted by Gasteiger charge is 2.15. The van der Waals surface area contributed by atoms with Gasteiger partial charge in [-0.3, -0.25) is 9.59 Å². The Morgan fingerprint density at radius 1 is 1.64 bits per heavy atom. The van der Waals surface area contributed by atoms with E-state index in [0.29, 0.717) is 5.02 Å². The van der Waals surface area contributed by atoms with Crippen molar-refractivity contribution in [1.29, 1.82) is 0 Å². The molecule has 1 atom stereocenters. The number of carboxylic acid groups (broad SMARTS) is 1. The van der Waals surface area contributed by atoms with E-state index >= 15 is 0 Å². The van der Waals surface area contributed by atoms with Crippen LogP contribution >= 0.6 is 11.6 Å². The molecular formula is C8H9ClN2O3. The summed E-state index contributed by atoms with van der Waals surface area (Å²) in [6.07, 6.45) is 1.45. The lowest BCUT2D eigenvalue weighted by Gasteiger charge is -2.07. The molecule has 0 aliphatic heterocycles. The third-order valence-electron chi connectivity index (χ3n) is 1.61. The fourth-order valence-electron chi connectivity index (χ4n) is 0.835. The fraction of sp³-hybridized carbons (Fsp3) is 0.250. The Balaban J connectivity index is 2.63. The van der Waals surface area contributed by atoms with Crippen molar-refractivity contribution in [3.8, 4) is 0 Å². The smallest absolute Gasteiger partial charge is 0.325 e. The number of aromatic amines is 1. The van der Waals surface area contributed by atoms with E-state index in [1.165, 1.54) is 19.2 Å². The maximum atomic E-state index is 11.3. The monoisotopic (exact) mass is 216 g/mol. The molecule has 0 aromatic carbocycles. The number of nitrogens with one attached hydrogen (secondary N) is 2. The Kier molecular flexibility index (Phi) is 3.14. The molecule has 5 nitrogen and oxygen atoms in total. The molecule has 0 bridgehead atoms. The minimum Gasteiger partial charge on any atom is -0.480 e. The number of halogens is 1. The van der Waals surface area contributed by atoms with E-state index in [9.17, 15) is 9.59 Å². The van der Waals surface area contributed by atoms with Crippen LogP contribution in [0.5, 0.6) is 0 Å². The zero-order valence-corrected chi connectivity index (χ0v) is 8.13. The number of aliphatic carboxylic acids is 1. The van der Waals surface area contributed by atoms with E-state index in [4.69, 9.17) is 16.7 Å². The summed E-state index contributed by atoms with van der Waals surface area (Å²) in [4.78, 5) is 24.3. The van der Waals surface area contributed by atoms with Crippen LogP contribution in [-0.4, -0.2) is 28.0 Å². The van der Waals surface area contributed by atoms with Gasteiger partial charge in [-0.2, -0.15) is 0 Å². The van der Waals surface area contributed by atoms with E-state index < -0.39 is 17.9 Å². The normalized spacial score (nSPS) is 12.1. The zero-order valence-electron chi connectivity index (χ0n) is 7.37. The second-order valence-corrected chi connectivity index (χ2v) is 3.20. The molecule has 0 saturated heterocycles. The minimum atomic E-state index is -1.09. The number of aromatic nitrogens is 1. The van der Waals surface area contributed by atoms with Crippen LogP contribution in [0.15, 0.2) is 12.3 Å². The molecule has 76 valence electrons. The average Bonchev–Trinajstić information content (AvgIpc) is 2.51. The van der Waals surface area contributed by atoms with Crippen LogP contribution in [0.2, 0.25) is 5.02 Å². The third kappa shape index (κ3) is 2.50. The van der Waals surface area contributed by atoms with Gasteiger partial charge in [-0.15, -0.1) is 0 Å². The van der Waals surface area contributed by atoms with Crippen LogP contribution in [0.1, 0.15) is 17.4 Å². The zero-order chi connectivity index (χ0) is 10.7. The van der Waals surface area contributed by atoms with E-state index in [1.807, 2.05) is 0 Å². The minimum absolute atomic E-state index is 0.239. The molecule has 1 amide bonds. The fourth-order valence-corrected chi connectivity index (χ4v) is 0.999. The molecule has 0 aliphatic rings. The summed E-state index contributed by atoms with van der Waals surface area (Å²) in [7, 11) is 0. The van der Waals surface area contributed by atoms with E-state index in [-0.39, 0.29) is 5.69 Å². The van der Waals surface area contributed by atoms with Gasteiger partial charge in [0.15, 0.2) is 0 Å². The first-order valence-electron chi connectivity index (χ1n) is 3.88. The second-order valence-electron chi connectivity index (χ2n) is 2.76. The first-order chi connectivity index (χ1) is 6.50. The molecule has 0 spiro atoms. The van der Waals surface area contributed by atoms with Crippen LogP contribution in [-0.2, 0) is 4.79 Å². The lowest BCUT2D eigenvalue weighted by atomic mass is 10.3. The number of hydrogen-bond acceptors (Lipinski definition) is 2. The van der Waals surface area contributed by atoms with E-state index in [1.54, 1.807) is 0 Å². The van der Waals surface area contributed by atoms with E-state index in [2.05, 4.69) is 10.3 Å². The molecule has 0 saturated carbocycles. The van der Waals surface area contributed by atoms with Crippen LogP contribution in [0.4, 0.5) is 0 Å². The summed E-state index contributed by atoms with van der Waals surface area (Å²) in [5, 5.41) is 11.2. The van der Waals surface area contributed by atoms with Gasteiger partial charge in [-0.05, 0) is 13.0 Å². The third-order valence-corrected chi connectivity index (χ3v) is 1.83. The Morgan fingerprint density at radius 3 is 2.71 bits per heavy atom.